The summed E-state index contributed by atoms with van der Waals surface area (Å²) in [4.78, 5) is 27.8. The summed E-state index contributed by atoms with van der Waals surface area (Å²) in [6, 6.07) is 0.722. The van der Waals surface area contributed by atoms with E-state index in [0.717, 1.165) is 51.5 Å². The summed E-state index contributed by atoms with van der Waals surface area (Å²) in [5, 5.41) is 0. The number of anilines is 1. The zero-order valence-electron chi connectivity index (χ0n) is 14.4. The molecule has 2 saturated heterocycles. The maximum absolute atomic E-state index is 12.1. The molecule has 1 aromatic rings. The van der Waals surface area contributed by atoms with Gasteiger partial charge in [0.05, 0.1) is 25.5 Å². The van der Waals surface area contributed by atoms with Crippen LogP contribution in [0.4, 0.5) is 5.95 Å². The van der Waals surface area contributed by atoms with Crippen LogP contribution in [-0.4, -0.2) is 78.7 Å². The molecule has 7 nitrogen and oxygen atoms in total. The summed E-state index contributed by atoms with van der Waals surface area (Å²) >= 11 is 0. The third-order valence-corrected chi connectivity index (χ3v) is 5.43. The van der Waals surface area contributed by atoms with Crippen LogP contribution in [0.1, 0.15) is 30.1 Å². The van der Waals surface area contributed by atoms with Crippen molar-refractivity contribution in [3.05, 3.63) is 17.5 Å². The Morgan fingerprint density at radius 3 is 2.88 bits per heavy atom. The first kappa shape index (κ1) is 15.8. The number of amides is 1. The van der Waals surface area contributed by atoms with Gasteiger partial charge in [0.15, 0.2) is 0 Å². The monoisotopic (exact) mass is 331 g/mol. The Balaban J connectivity index is 1.56. The third-order valence-electron chi connectivity index (χ3n) is 5.43. The molecule has 0 saturated carbocycles. The van der Waals surface area contributed by atoms with Gasteiger partial charge in [0, 0.05) is 57.4 Å². The Morgan fingerprint density at radius 2 is 2.12 bits per heavy atom. The molecule has 0 radical (unpaired) electrons. The van der Waals surface area contributed by atoms with E-state index in [1.807, 2.05) is 20.3 Å². The van der Waals surface area contributed by atoms with Gasteiger partial charge in [0.1, 0.15) is 0 Å². The van der Waals surface area contributed by atoms with E-state index in [1.165, 1.54) is 11.3 Å². The Kier molecular flexibility index (Phi) is 4.14. The van der Waals surface area contributed by atoms with E-state index >= 15 is 0 Å². The van der Waals surface area contributed by atoms with Crippen molar-refractivity contribution in [1.82, 2.24) is 19.8 Å². The number of carbonyl (C=O) groups is 1. The van der Waals surface area contributed by atoms with E-state index in [1.54, 1.807) is 4.90 Å². The Labute approximate surface area is 142 Å². The molecule has 0 aromatic carbocycles. The fourth-order valence-electron chi connectivity index (χ4n) is 4.02. The van der Waals surface area contributed by atoms with Crippen LogP contribution in [0.3, 0.4) is 0 Å². The van der Waals surface area contributed by atoms with Gasteiger partial charge in [0.25, 0.3) is 0 Å². The molecule has 4 heterocycles. The van der Waals surface area contributed by atoms with Crippen molar-refractivity contribution in [3.63, 3.8) is 0 Å². The number of morpholine rings is 1. The number of carbonyl (C=O) groups excluding carboxylic acids is 1. The topological polar surface area (TPSA) is 61.8 Å². The van der Waals surface area contributed by atoms with E-state index < -0.39 is 0 Å². The maximum atomic E-state index is 12.1. The van der Waals surface area contributed by atoms with Crippen molar-refractivity contribution in [1.29, 1.82) is 0 Å². The van der Waals surface area contributed by atoms with Gasteiger partial charge in [-0.1, -0.05) is 0 Å². The van der Waals surface area contributed by atoms with Crippen LogP contribution < -0.4 is 4.90 Å². The van der Waals surface area contributed by atoms with Crippen molar-refractivity contribution in [2.75, 3.05) is 51.8 Å². The first-order valence-corrected chi connectivity index (χ1v) is 8.78. The molecule has 2 bridgehead atoms. The van der Waals surface area contributed by atoms with Crippen molar-refractivity contribution < 1.29 is 9.53 Å². The fourth-order valence-corrected chi connectivity index (χ4v) is 4.02. The van der Waals surface area contributed by atoms with E-state index in [9.17, 15) is 4.79 Å². The maximum Gasteiger partial charge on any atom is 0.236 e. The molecule has 2 atom stereocenters. The van der Waals surface area contributed by atoms with Crippen LogP contribution in [0.2, 0.25) is 0 Å². The number of ether oxygens (including phenoxy) is 1. The number of likely N-dealkylation sites (N-methyl/N-ethyl adjacent to an activating group) is 1. The van der Waals surface area contributed by atoms with Crippen LogP contribution in [0.15, 0.2) is 6.20 Å². The molecule has 1 amide bonds. The highest BCUT2D eigenvalue weighted by atomic mass is 16.5. The van der Waals surface area contributed by atoms with Gasteiger partial charge in [-0.15, -0.1) is 0 Å². The summed E-state index contributed by atoms with van der Waals surface area (Å²) in [5.41, 5.74) is 2.39. The number of rotatable bonds is 3. The second kappa shape index (κ2) is 6.29. The predicted octanol–water partition coefficient (Wildman–Crippen LogP) is 0.463. The normalized spacial score (nSPS) is 26.3. The smallest absolute Gasteiger partial charge is 0.236 e. The number of nitrogens with zero attached hydrogens (tertiary/aromatic N) is 5. The molecule has 0 unspecified atom stereocenters. The standard InChI is InChI=1S/C17H25N5O2/c1-20(2)16(23)11-22-12-3-4-15(22)13-10-18-17(19-14(13)9-12)21-5-7-24-8-6-21/h10,12,15H,3-9,11H2,1-2H3/t12-,15+/m0/s1. The first-order valence-electron chi connectivity index (χ1n) is 8.78. The van der Waals surface area contributed by atoms with Gasteiger partial charge >= 0.3 is 0 Å². The molecular weight excluding hydrogens is 306 g/mol. The molecule has 7 heteroatoms. The average molecular weight is 331 g/mol. The summed E-state index contributed by atoms with van der Waals surface area (Å²) in [6.07, 6.45) is 5.14. The van der Waals surface area contributed by atoms with Crippen LogP contribution >= 0.6 is 0 Å². The summed E-state index contributed by atoms with van der Waals surface area (Å²) in [7, 11) is 3.64. The lowest BCUT2D eigenvalue weighted by Crippen LogP contribution is -2.44. The van der Waals surface area contributed by atoms with Crippen molar-refractivity contribution in [3.8, 4) is 0 Å². The van der Waals surface area contributed by atoms with Gasteiger partial charge in [-0.05, 0) is 12.8 Å². The molecule has 4 rings (SSSR count). The third kappa shape index (κ3) is 2.75. The van der Waals surface area contributed by atoms with Gasteiger partial charge in [-0.25, -0.2) is 9.97 Å². The van der Waals surface area contributed by atoms with Gasteiger partial charge in [-0.3, -0.25) is 9.69 Å². The molecule has 0 aliphatic carbocycles. The minimum atomic E-state index is 0.168. The molecule has 24 heavy (non-hydrogen) atoms. The molecule has 3 aliphatic rings. The van der Waals surface area contributed by atoms with Gasteiger partial charge < -0.3 is 14.5 Å². The van der Waals surface area contributed by atoms with Crippen LogP contribution in [0.5, 0.6) is 0 Å². The molecular formula is C17H25N5O2. The number of fused-ring (bicyclic) bond motifs is 4. The Bertz CT molecular complexity index is 629. The lowest BCUT2D eigenvalue weighted by atomic mass is 9.99. The Morgan fingerprint density at radius 1 is 1.33 bits per heavy atom. The number of hydrogen-bond donors (Lipinski definition) is 0. The van der Waals surface area contributed by atoms with Crippen molar-refractivity contribution >= 4 is 11.9 Å². The zero-order valence-corrected chi connectivity index (χ0v) is 14.4. The molecule has 130 valence electrons. The minimum absolute atomic E-state index is 0.168. The van der Waals surface area contributed by atoms with Crippen LogP contribution in [0.25, 0.3) is 0 Å². The van der Waals surface area contributed by atoms with E-state index in [4.69, 9.17) is 9.72 Å². The molecule has 3 aliphatic heterocycles. The highest BCUT2D eigenvalue weighted by Crippen LogP contribution is 2.42. The average Bonchev–Trinajstić information content (AvgIpc) is 2.87. The second-order valence-corrected chi connectivity index (χ2v) is 7.08. The lowest BCUT2D eigenvalue weighted by Gasteiger charge is -2.36. The van der Waals surface area contributed by atoms with Gasteiger partial charge in [-0.2, -0.15) is 0 Å². The Hall–Kier alpha value is -1.73. The molecule has 1 aromatic heterocycles. The van der Waals surface area contributed by atoms with E-state index in [-0.39, 0.29) is 5.91 Å². The quantitative estimate of drug-likeness (QED) is 0.802. The van der Waals surface area contributed by atoms with Gasteiger partial charge in [0.2, 0.25) is 11.9 Å². The minimum Gasteiger partial charge on any atom is -0.378 e. The van der Waals surface area contributed by atoms with E-state index in [0.29, 0.717) is 18.6 Å². The van der Waals surface area contributed by atoms with Crippen LogP contribution in [-0.2, 0) is 16.0 Å². The highest BCUT2D eigenvalue weighted by molar-refractivity contribution is 5.77. The number of hydrogen-bond acceptors (Lipinski definition) is 6. The van der Waals surface area contributed by atoms with Crippen LogP contribution in [0, 0.1) is 0 Å². The molecule has 2 fully saturated rings. The molecule has 0 N–H and O–H groups in total. The zero-order chi connectivity index (χ0) is 16.7. The summed E-state index contributed by atoms with van der Waals surface area (Å²) in [5.74, 6) is 0.996. The fraction of sp³-hybridized carbons (Fsp3) is 0.706. The summed E-state index contributed by atoms with van der Waals surface area (Å²) < 4.78 is 5.41. The second-order valence-electron chi connectivity index (χ2n) is 7.08. The lowest BCUT2D eigenvalue weighted by molar-refractivity contribution is -0.130. The number of aromatic nitrogens is 2. The largest absolute Gasteiger partial charge is 0.378 e. The molecule has 0 spiro atoms. The van der Waals surface area contributed by atoms with E-state index in [2.05, 4.69) is 14.8 Å². The highest BCUT2D eigenvalue weighted by Gasteiger charge is 2.41. The van der Waals surface area contributed by atoms with Crippen molar-refractivity contribution in [2.45, 2.75) is 31.3 Å². The summed E-state index contributed by atoms with van der Waals surface area (Å²) in [6.45, 7) is 3.69. The predicted molar refractivity (Wildman–Crippen MR) is 89.9 cm³/mol. The first-order chi connectivity index (χ1) is 11.6. The van der Waals surface area contributed by atoms with Crippen molar-refractivity contribution in [2.24, 2.45) is 0 Å². The SMILES string of the molecule is CN(C)C(=O)CN1[C@H]2CC[C@@H]1c1cnc(N3CCOCC3)nc1C2.